The largest absolute Gasteiger partial charge is 0.321 e. The predicted molar refractivity (Wildman–Crippen MR) is 66.5 cm³/mol. The minimum Gasteiger partial charge on any atom is -0.321 e. The van der Waals surface area contributed by atoms with E-state index in [0.29, 0.717) is 0 Å². The first-order valence-electron chi connectivity index (χ1n) is 3.62. The van der Waals surface area contributed by atoms with Crippen LogP contribution >= 0.6 is 41.2 Å². The predicted octanol–water partition coefficient (Wildman–Crippen LogP) is 2.02. The minimum absolute atomic E-state index is 0.191. The summed E-state index contributed by atoms with van der Waals surface area (Å²) in [5.74, 6) is -0.289. The molecule has 0 heterocycles. The van der Waals surface area contributed by atoms with Crippen LogP contribution in [0.2, 0.25) is 0 Å². The van der Waals surface area contributed by atoms with E-state index in [4.69, 9.17) is 0 Å². The van der Waals surface area contributed by atoms with E-state index in [1.54, 1.807) is 6.92 Å². The topological polar surface area (TPSA) is 46.2 Å². The van der Waals surface area contributed by atoms with Gasteiger partial charge < -0.3 is 5.32 Å². The lowest BCUT2D eigenvalue weighted by Crippen LogP contribution is -2.18. The van der Waals surface area contributed by atoms with E-state index >= 15 is 0 Å². The van der Waals surface area contributed by atoms with Gasteiger partial charge in [0.25, 0.3) is 0 Å². The molecule has 0 aromatic carbocycles. The molecule has 0 saturated heterocycles. The zero-order chi connectivity index (χ0) is 11.3. The molecule has 0 aromatic heterocycles. The quantitative estimate of drug-likeness (QED) is 0.424. The summed E-state index contributed by atoms with van der Waals surface area (Å²) in [5, 5.41) is 2.13. The molecule has 78 valence electrons. The maximum absolute atomic E-state index is 11.0. The summed E-state index contributed by atoms with van der Waals surface area (Å²) in [4.78, 5) is 21.7. The molecule has 0 bridgehead atoms. The number of hydrogen-bond donors (Lipinski definition) is 3. The molecule has 0 spiro atoms. The van der Waals surface area contributed by atoms with E-state index in [2.05, 4.69) is 46.5 Å². The van der Waals surface area contributed by atoms with Crippen molar-refractivity contribution in [3.05, 3.63) is 21.2 Å². The minimum atomic E-state index is -0.456. The Morgan fingerprint density at radius 3 is 2.07 bits per heavy atom. The van der Waals surface area contributed by atoms with Gasteiger partial charge in [-0.25, -0.2) is 0 Å². The van der Waals surface area contributed by atoms with Crippen LogP contribution in [0.25, 0.3) is 0 Å². The first-order chi connectivity index (χ1) is 6.34. The Bertz CT molecular complexity index is 319. The number of thiol groups is 2. The highest BCUT2D eigenvalue weighted by Gasteiger charge is 2.08. The van der Waals surface area contributed by atoms with Crippen molar-refractivity contribution in [1.82, 2.24) is 5.32 Å². The van der Waals surface area contributed by atoms with E-state index in [1.165, 1.54) is 13.0 Å². The molecule has 1 amide bonds. The third-order valence-electron chi connectivity index (χ3n) is 1.12. The summed E-state index contributed by atoms with van der Waals surface area (Å²) >= 11 is 10.8. The van der Waals surface area contributed by atoms with Gasteiger partial charge in [-0.3, -0.25) is 9.59 Å². The van der Waals surface area contributed by atoms with Crippen LogP contribution < -0.4 is 5.32 Å². The maximum atomic E-state index is 11.0. The molecule has 0 fully saturated rings. The third kappa shape index (κ3) is 5.51. The highest BCUT2D eigenvalue weighted by molar-refractivity contribution is 9.11. The van der Waals surface area contributed by atoms with Crippen LogP contribution in [0.15, 0.2) is 21.2 Å². The van der Waals surface area contributed by atoms with Gasteiger partial charge in [-0.05, 0) is 17.5 Å². The highest BCUT2D eigenvalue weighted by atomic mass is 79.9. The molecule has 0 aliphatic carbocycles. The number of amides is 1. The van der Waals surface area contributed by atoms with Gasteiger partial charge in [0.1, 0.15) is 0 Å². The van der Waals surface area contributed by atoms with E-state index < -0.39 is 5.12 Å². The number of halogens is 1. The van der Waals surface area contributed by atoms with Gasteiger partial charge in [0.15, 0.2) is 0 Å². The Morgan fingerprint density at radius 1 is 1.29 bits per heavy atom. The van der Waals surface area contributed by atoms with Crippen molar-refractivity contribution in [1.29, 1.82) is 0 Å². The molecular formula is C8H10BrNO2S2. The molecule has 0 unspecified atom stereocenters. The lowest BCUT2D eigenvalue weighted by atomic mass is 10.3. The number of hydrogen-bond acceptors (Lipinski definition) is 3. The Hall–Kier alpha value is -0.200. The lowest BCUT2D eigenvalue weighted by Gasteiger charge is -2.04. The first-order valence-corrected chi connectivity index (χ1v) is 5.31. The molecule has 0 aliphatic heterocycles. The number of carbonyl (C=O) groups is 2. The average molecular weight is 296 g/mol. The monoisotopic (exact) mass is 295 g/mol. The zero-order valence-electron chi connectivity index (χ0n) is 7.67. The summed E-state index contributed by atoms with van der Waals surface area (Å²) < 4.78 is 0.742. The number of allylic oxidation sites excluding steroid dienone is 2. The van der Waals surface area contributed by atoms with Crippen molar-refractivity contribution < 1.29 is 9.59 Å². The van der Waals surface area contributed by atoms with Crippen LogP contribution in [0.1, 0.15) is 13.8 Å². The SMILES string of the molecule is CC(=O)N/C(S)=C(/C=C(\C)Br)C(=O)S. The van der Waals surface area contributed by atoms with E-state index in [-0.39, 0.29) is 16.5 Å². The van der Waals surface area contributed by atoms with Crippen molar-refractivity contribution in [3.8, 4) is 0 Å². The summed E-state index contributed by atoms with van der Waals surface area (Å²) in [7, 11) is 0. The van der Waals surface area contributed by atoms with E-state index in [9.17, 15) is 9.59 Å². The van der Waals surface area contributed by atoms with Crippen molar-refractivity contribution >= 4 is 52.2 Å². The van der Waals surface area contributed by atoms with Crippen LogP contribution in [0.4, 0.5) is 0 Å². The van der Waals surface area contributed by atoms with Crippen LogP contribution in [0.3, 0.4) is 0 Å². The standard InChI is InChI=1S/C8H10BrNO2S2/c1-4(9)3-6(8(12)14)7(13)10-5(2)11/h3,13H,1-2H3,(H,10,11)(H,12,14)/b4-3+,7-6+. The molecular weight excluding hydrogens is 286 g/mol. The molecule has 0 radical (unpaired) electrons. The molecule has 14 heavy (non-hydrogen) atoms. The Balaban J connectivity index is 5.06. The van der Waals surface area contributed by atoms with Gasteiger partial charge in [-0.15, -0.1) is 25.3 Å². The van der Waals surface area contributed by atoms with Gasteiger partial charge in [-0.2, -0.15) is 0 Å². The molecule has 1 N–H and O–H groups in total. The van der Waals surface area contributed by atoms with Gasteiger partial charge >= 0.3 is 0 Å². The fourth-order valence-corrected chi connectivity index (χ4v) is 1.48. The summed E-state index contributed by atoms with van der Waals surface area (Å²) in [6.45, 7) is 3.09. The molecule has 0 rings (SSSR count). The number of carbonyl (C=O) groups excluding carboxylic acids is 2. The molecule has 0 aliphatic rings. The van der Waals surface area contributed by atoms with E-state index in [0.717, 1.165) is 4.48 Å². The second-order valence-corrected chi connectivity index (χ2v) is 4.58. The Kier molecular flexibility index (Phi) is 6.22. The average Bonchev–Trinajstić information content (AvgIpc) is 1.97. The van der Waals surface area contributed by atoms with Gasteiger partial charge in [-0.1, -0.05) is 15.9 Å². The fourth-order valence-electron chi connectivity index (χ4n) is 0.664. The van der Waals surface area contributed by atoms with Gasteiger partial charge in [0, 0.05) is 6.92 Å². The lowest BCUT2D eigenvalue weighted by molar-refractivity contribution is -0.118. The van der Waals surface area contributed by atoms with Crippen LogP contribution in [0, 0.1) is 0 Å². The number of rotatable bonds is 3. The fraction of sp³-hybridized carbons (Fsp3) is 0.250. The zero-order valence-corrected chi connectivity index (χ0v) is 11.0. The Labute approximate surface area is 102 Å². The molecule has 0 saturated carbocycles. The van der Waals surface area contributed by atoms with Crippen LogP contribution in [-0.4, -0.2) is 11.0 Å². The van der Waals surface area contributed by atoms with E-state index in [1.807, 2.05) is 0 Å². The molecule has 3 nitrogen and oxygen atoms in total. The van der Waals surface area contributed by atoms with Gasteiger partial charge in [0.2, 0.25) is 11.0 Å². The molecule has 0 atom stereocenters. The van der Waals surface area contributed by atoms with Crippen LogP contribution in [0.5, 0.6) is 0 Å². The first kappa shape index (κ1) is 13.8. The second-order valence-electron chi connectivity index (χ2n) is 2.48. The van der Waals surface area contributed by atoms with Crippen molar-refractivity contribution in [3.63, 3.8) is 0 Å². The summed E-state index contributed by atoms with van der Waals surface area (Å²) in [5.41, 5.74) is 0.237. The molecule has 6 heteroatoms. The highest BCUT2D eigenvalue weighted by Crippen LogP contribution is 2.15. The number of nitrogens with one attached hydrogen (secondary N) is 1. The summed E-state index contributed by atoms with van der Waals surface area (Å²) in [6.07, 6.45) is 1.54. The van der Waals surface area contributed by atoms with Crippen molar-refractivity contribution in [2.45, 2.75) is 13.8 Å². The van der Waals surface area contributed by atoms with Crippen molar-refractivity contribution in [2.75, 3.05) is 0 Å². The second kappa shape index (κ2) is 6.31. The van der Waals surface area contributed by atoms with Gasteiger partial charge in [0.05, 0.1) is 10.6 Å². The third-order valence-corrected chi connectivity index (χ3v) is 1.95. The normalized spacial score (nSPS) is 13.4. The van der Waals surface area contributed by atoms with Crippen LogP contribution in [-0.2, 0) is 9.59 Å². The Morgan fingerprint density at radius 2 is 1.79 bits per heavy atom. The smallest absolute Gasteiger partial charge is 0.221 e. The maximum Gasteiger partial charge on any atom is 0.221 e. The molecule has 0 aromatic rings. The van der Waals surface area contributed by atoms with Crippen molar-refractivity contribution in [2.24, 2.45) is 0 Å². The summed E-state index contributed by atoms with van der Waals surface area (Å²) in [6, 6.07) is 0.